The van der Waals surface area contributed by atoms with Crippen LogP contribution in [0.2, 0.25) is 0 Å². The molecule has 0 fully saturated rings. The molecule has 0 bridgehead atoms. The number of aliphatic hydroxyl groups excluding tert-OH is 1. The van der Waals surface area contributed by atoms with Crippen molar-refractivity contribution in [3.63, 3.8) is 0 Å². The summed E-state index contributed by atoms with van der Waals surface area (Å²) >= 11 is 0. The van der Waals surface area contributed by atoms with E-state index >= 15 is 0 Å². The summed E-state index contributed by atoms with van der Waals surface area (Å²) in [7, 11) is 0. The van der Waals surface area contributed by atoms with Gasteiger partial charge >= 0.3 is 18.9 Å². The van der Waals surface area contributed by atoms with E-state index in [0.29, 0.717) is 0 Å². The Morgan fingerprint density at radius 3 is 2.36 bits per heavy atom. The first-order chi connectivity index (χ1) is 4.93. The van der Waals surface area contributed by atoms with Crippen LogP contribution in [0.3, 0.4) is 0 Å². The summed E-state index contributed by atoms with van der Waals surface area (Å²) in [6, 6.07) is 10.2. The molecule has 1 nitrogen and oxygen atoms in total. The minimum atomic E-state index is 0. The molecule has 11 heavy (non-hydrogen) atoms. The Kier molecular flexibility index (Phi) is 6.35. The molecule has 0 aliphatic carbocycles. The van der Waals surface area contributed by atoms with Crippen LogP contribution in [0.1, 0.15) is 13.4 Å². The summed E-state index contributed by atoms with van der Waals surface area (Å²) in [5.41, 5.74) is 1.30. The van der Waals surface area contributed by atoms with Crippen LogP contribution < -0.4 is 18.9 Å². The summed E-state index contributed by atoms with van der Waals surface area (Å²) in [4.78, 5) is 0. The zero-order valence-corrected chi connectivity index (χ0v) is 6.96. The van der Waals surface area contributed by atoms with Gasteiger partial charge in [0.25, 0.3) is 0 Å². The molecule has 0 heterocycles. The number of rotatable bonds is 3. The van der Waals surface area contributed by atoms with E-state index in [1.807, 2.05) is 18.2 Å². The monoisotopic (exact) mass is 144 g/mol. The Bertz CT molecular complexity index is 179. The average molecular weight is 144 g/mol. The number of benzene rings is 1. The maximum absolute atomic E-state index is 8.53. The molecule has 0 amide bonds. The molecule has 0 saturated carbocycles. The number of aliphatic hydroxyl groups is 1. The van der Waals surface area contributed by atoms with Gasteiger partial charge in [-0.05, 0) is 18.4 Å². The van der Waals surface area contributed by atoms with Crippen molar-refractivity contribution in [3.05, 3.63) is 35.9 Å². The van der Waals surface area contributed by atoms with Crippen LogP contribution in [-0.4, -0.2) is 11.7 Å². The zero-order chi connectivity index (χ0) is 7.23. The molecular weight excluding hydrogens is 131 g/mol. The van der Waals surface area contributed by atoms with Crippen LogP contribution in [0.15, 0.2) is 30.3 Å². The minimum Gasteiger partial charge on any atom is -1.00 e. The molecular formula is C9H13LiO. The van der Waals surface area contributed by atoms with Crippen molar-refractivity contribution < 1.29 is 25.4 Å². The molecule has 0 spiro atoms. The summed E-state index contributed by atoms with van der Waals surface area (Å²) in [6.45, 7) is 0.287. The van der Waals surface area contributed by atoms with Crippen LogP contribution >= 0.6 is 0 Å². The first kappa shape index (κ1) is 10.8. The van der Waals surface area contributed by atoms with Crippen molar-refractivity contribution in [2.75, 3.05) is 6.61 Å². The molecule has 0 unspecified atom stereocenters. The molecule has 1 aromatic rings. The normalized spacial score (nSPS) is 8.82. The topological polar surface area (TPSA) is 20.2 Å². The maximum atomic E-state index is 8.53. The second kappa shape index (κ2) is 6.49. The van der Waals surface area contributed by atoms with Crippen molar-refractivity contribution in [1.29, 1.82) is 0 Å². The van der Waals surface area contributed by atoms with Crippen LogP contribution in [0, 0.1) is 0 Å². The van der Waals surface area contributed by atoms with Crippen molar-refractivity contribution in [1.82, 2.24) is 0 Å². The second-order valence-corrected chi connectivity index (χ2v) is 2.31. The first-order valence-corrected chi connectivity index (χ1v) is 3.58. The largest absolute Gasteiger partial charge is 1.00 e. The predicted molar refractivity (Wildman–Crippen MR) is 43.0 cm³/mol. The second-order valence-electron chi connectivity index (χ2n) is 2.31. The molecule has 56 valence electrons. The third kappa shape index (κ3) is 4.26. The standard InChI is InChI=1S/C9H12O.Li.H/c10-8-4-7-9-5-2-1-3-6-9;;/h1-3,5-6,10H,4,7-8H2;;/q;+1;-1. The van der Waals surface area contributed by atoms with Crippen LogP contribution in [-0.2, 0) is 6.42 Å². The SMILES string of the molecule is OCCCc1ccccc1.[H-].[Li+]. The Balaban J connectivity index is 0. The molecule has 1 aromatic carbocycles. The van der Waals surface area contributed by atoms with E-state index in [1.165, 1.54) is 5.56 Å². The fourth-order valence-electron chi connectivity index (χ4n) is 0.928. The van der Waals surface area contributed by atoms with Gasteiger partial charge in [0.1, 0.15) is 0 Å². The molecule has 1 N–H and O–H groups in total. The quantitative estimate of drug-likeness (QED) is 0.524. The van der Waals surface area contributed by atoms with Gasteiger partial charge in [-0.1, -0.05) is 30.3 Å². The van der Waals surface area contributed by atoms with Gasteiger partial charge in [0.15, 0.2) is 0 Å². The molecule has 0 aliphatic rings. The Hall–Kier alpha value is -0.223. The molecule has 0 aromatic heterocycles. The minimum absolute atomic E-state index is 0. The first-order valence-electron chi connectivity index (χ1n) is 3.58. The van der Waals surface area contributed by atoms with E-state index in [-0.39, 0.29) is 26.9 Å². The van der Waals surface area contributed by atoms with E-state index in [4.69, 9.17) is 5.11 Å². The summed E-state index contributed by atoms with van der Waals surface area (Å²) in [5.74, 6) is 0. The summed E-state index contributed by atoms with van der Waals surface area (Å²) in [6.07, 6.45) is 1.85. The van der Waals surface area contributed by atoms with E-state index in [0.717, 1.165) is 12.8 Å². The Morgan fingerprint density at radius 2 is 1.82 bits per heavy atom. The molecule has 0 radical (unpaired) electrons. The zero-order valence-electron chi connectivity index (χ0n) is 7.96. The smallest absolute Gasteiger partial charge is 1.00 e. The van der Waals surface area contributed by atoms with E-state index in [2.05, 4.69) is 12.1 Å². The van der Waals surface area contributed by atoms with Gasteiger partial charge in [-0.2, -0.15) is 0 Å². The fourth-order valence-corrected chi connectivity index (χ4v) is 0.928. The van der Waals surface area contributed by atoms with E-state index in [1.54, 1.807) is 0 Å². The third-order valence-corrected chi connectivity index (χ3v) is 1.47. The third-order valence-electron chi connectivity index (χ3n) is 1.47. The van der Waals surface area contributed by atoms with Gasteiger partial charge in [-0.3, -0.25) is 0 Å². The van der Waals surface area contributed by atoms with Crippen molar-refractivity contribution >= 4 is 0 Å². The molecule has 0 aliphatic heterocycles. The van der Waals surface area contributed by atoms with Crippen LogP contribution in [0.25, 0.3) is 0 Å². The summed E-state index contributed by atoms with van der Waals surface area (Å²) < 4.78 is 0. The van der Waals surface area contributed by atoms with E-state index in [9.17, 15) is 0 Å². The Labute approximate surface area is 81.1 Å². The van der Waals surface area contributed by atoms with Gasteiger partial charge in [0.2, 0.25) is 0 Å². The van der Waals surface area contributed by atoms with Gasteiger partial charge < -0.3 is 6.53 Å². The Morgan fingerprint density at radius 1 is 1.18 bits per heavy atom. The van der Waals surface area contributed by atoms with Crippen molar-refractivity contribution in [2.24, 2.45) is 0 Å². The predicted octanol–water partition coefficient (Wildman–Crippen LogP) is -1.27. The molecule has 0 saturated heterocycles. The van der Waals surface area contributed by atoms with Gasteiger partial charge in [0, 0.05) is 6.61 Å². The number of aryl methyl sites for hydroxylation is 1. The van der Waals surface area contributed by atoms with E-state index < -0.39 is 0 Å². The number of hydrogen-bond acceptors (Lipinski definition) is 1. The molecule has 1 rings (SSSR count). The van der Waals surface area contributed by atoms with Crippen LogP contribution in [0.5, 0.6) is 0 Å². The van der Waals surface area contributed by atoms with Crippen molar-refractivity contribution in [3.8, 4) is 0 Å². The van der Waals surface area contributed by atoms with Crippen molar-refractivity contribution in [2.45, 2.75) is 12.8 Å². The van der Waals surface area contributed by atoms with Crippen LogP contribution in [0.4, 0.5) is 0 Å². The van der Waals surface area contributed by atoms with Gasteiger partial charge in [-0.25, -0.2) is 0 Å². The van der Waals surface area contributed by atoms with Gasteiger partial charge in [0.05, 0.1) is 0 Å². The number of hydrogen-bond donors (Lipinski definition) is 1. The summed E-state index contributed by atoms with van der Waals surface area (Å²) in [5, 5.41) is 8.53. The average Bonchev–Trinajstić information content (AvgIpc) is 2.03. The molecule has 0 atom stereocenters. The fraction of sp³-hybridized carbons (Fsp3) is 0.333. The van der Waals surface area contributed by atoms with Gasteiger partial charge in [-0.15, -0.1) is 0 Å². The maximum Gasteiger partial charge on any atom is 1.00 e. The molecule has 2 heteroatoms.